The molecule has 3 nitrogen and oxygen atoms in total. The van der Waals surface area contributed by atoms with Gasteiger partial charge in [0.2, 0.25) is 0 Å². The third-order valence-corrected chi connectivity index (χ3v) is 3.54. The summed E-state index contributed by atoms with van der Waals surface area (Å²) in [6.07, 6.45) is 5.50. The Balaban J connectivity index is 2.15. The summed E-state index contributed by atoms with van der Waals surface area (Å²) >= 11 is 0. The van der Waals surface area contributed by atoms with E-state index in [2.05, 4.69) is 19.2 Å². The van der Waals surface area contributed by atoms with Crippen LogP contribution in [0.5, 0.6) is 0 Å². The van der Waals surface area contributed by atoms with Gasteiger partial charge in [-0.05, 0) is 51.0 Å². The smallest absolute Gasteiger partial charge is 0.306 e. The van der Waals surface area contributed by atoms with Crippen molar-refractivity contribution in [2.75, 3.05) is 13.2 Å². The molecular formula is C14H27NO2. The molecule has 0 aromatic heterocycles. The molecule has 0 radical (unpaired) electrons. The molecule has 0 aromatic rings. The molecule has 3 heteroatoms. The Kier molecular flexibility index (Phi) is 6.56. The van der Waals surface area contributed by atoms with Gasteiger partial charge in [0, 0.05) is 12.5 Å². The lowest BCUT2D eigenvalue weighted by Gasteiger charge is -2.28. The monoisotopic (exact) mass is 241 g/mol. The van der Waals surface area contributed by atoms with Gasteiger partial charge < -0.3 is 10.1 Å². The second-order valence-corrected chi connectivity index (χ2v) is 5.46. The number of hydrogen-bond acceptors (Lipinski definition) is 3. The summed E-state index contributed by atoms with van der Waals surface area (Å²) in [6, 6.07) is 0.576. The van der Waals surface area contributed by atoms with Crippen LogP contribution in [-0.2, 0) is 9.53 Å². The van der Waals surface area contributed by atoms with Crippen LogP contribution in [-0.4, -0.2) is 25.2 Å². The van der Waals surface area contributed by atoms with Crippen LogP contribution in [0.15, 0.2) is 0 Å². The lowest BCUT2D eigenvalue weighted by molar-refractivity contribution is -0.144. The largest absolute Gasteiger partial charge is 0.466 e. The molecule has 1 N–H and O–H groups in total. The van der Waals surface area contributed by atoms with Crippen LogP contribution in [0.2, 0.25) is 0 Å². The Morgan fingerprint density at radius 1 is 1.24 bits per heavy atom. The van der Waals surface area contributed by atoms with Gasteiger partial charge in [-0.3, -0.25) is 4.79 Å². The summed E-state index contributed by atoms with van der Waals surface area (Å²) in [5.41, 5.74) is 0. The fraction of sp³-hybridized carbons (Fsp3) is 0.929. The Bertz CT molecular complexity index is 220. The maximum Gasteiger partial charge on any atom is 0.306 e. The number of ether oxygens (including phenoxy) is 1. The zero-order valence-electron chi connectivity index (χ0n) is 11.5. The van der Waals surface area contributed by atoms with Crippen molar-refractivity contribution in [2.45, 2.75) is 58.9 Å². The average molecular weight is 241 g/mol. The molecule has 17 heavy (non-hydrogen) atoms. The van der Waals surface area contributed by atoms with Gasteiger partial charge in [0.25, 0.3) is 0 Å². The maximum atomic E-state index is 11.4. The minimum Gasteiger partial charge on any atom is -0.466 e. The topological polar surface area (TPSA) is 38.3 Å². The first-order chi connectivity index (χ1) is 8.11. The SMILES string of the molecule is CCOC(=O)CC1CCC(CNC(C)C)CC1. The Hall–Kier alpha value is -0.570. The van der Waals surface area contributed by atoms with Crippen LogP contribution >= 0.6 is 0 Å². The van der Waals surface area contributed by atoms with Gasteiger partial charge in [-0.1, -0.05) is 13.8 Å². The standard InChI is InChI=1S/C14H27NO2/c1-4-17-14(16)9-12-5-7-13(8-6-12)10-15-11(2)3/h11-13,15H,4-10H2,1-3H3. The number of carbonyl (C=O) groups is 1. The molecule has 0 unspecified atom stereocenters. The van der Waals surface area contributed by atoms with Crippen LogP contribution in [0.25, 0.3) is 0 Å². The highest BCUT2D eigenvalue weighted by molar-refractivity contribution is 5.69. The van der Waals surface area contributed by atoms with E-state index in [1.54, 1.807) is 0 Å². The van der Waals surface area contributed by atoms with Gasteiger partial charge in [-0.15, -0.1) is 0 Å². The normalized spacial score (nSPS) is 24.9. The van der Waals surface area contributed by atoms with E-state index in [-0.39, 0.29) is 5.97 Å². The van der Waals surface area contributed by atoms with E-state index in [4.69, 9.17) is 4.74 Å². The number of nitrogens with one attached hydrogen (secondary N) is 1. The highest BCUT2D eigenvalue weighted by Crippen LogP contribution is 2.30. The predicted octanol–water partition coefficient (Wildman–Crippen LogP) is 2.74. The van der Waals surface area contributed by atoms with E-state index in [9.17, 15) is 4.79 Å². The van der Waals surface area contributed by atoms with E-state index >= 15 is 0 Å². The van der Waals surface area contributed by atoms with Crippen molar-refractivity contribution >= 4 is 5.97 Å². The quantitative estimate of drug-likeness (QED) is 0.727. The molecule has 0 bridgehead atoms. The van der Waals surface area contributed by atoms with Gasteiger partial charge in [0.1, 0.15) is 0 Å². The molecular weight excluding hydrogens is 214 g/mol. The van der Waals surface area contributed by atoms with Crippen molar-refractivity contribution in [2.24, 2.45) is 11.8 Å². The first-order valence-corrected chi connectivity index (χ1v) is 7.00. The van der Waals surface area contributed by atoms with Crippen molar-refractivity contribution < 1.29 is 9.53 Å². The predicted molar refractivity (Wildman–Crippen MR) is 69.8 cm³/mol. The molecule has 0 atom stereocenters. The lowest BCUT2D eigenvalue weighted by Crippen LogP contribution is -2.31. The number of rotatable bonds is 6. The van der Waals surface area contributed by atoms with Crippen molar-refractivity contribution in [1.29, 1.82) is 0 Å². The Labute approximate surface area is 105 Å². The molecule has 1 aliphatic carbocycles. The van der Waals surface area contributed by atoms with Gasteiger partial charge in [0.05, 0.1) is 6.61 Å². The van der Waals surface area contributed by atoms with Crippen LogP contribution < -0.4 is 5.32 Å². The average Bonchev–Trinajstić information content (AvgIpc) is 2.28. The second kappa shape index (κ2) is 7.70. The first kappa shape index (κ1) is 14.5. The second-order valence-electron chi connectivity index (χ2n) is 5.46. The zero-order valence-corrected chi connectivity index (χ0v) is 11.5. The molecule has 0 aromatic carbocycles. The zero-order chi connectivity index (χ0) is 12.7. The molecule has 0 heterocycles. The third-order valence-electron chi connectivity index (χ3n) is 3.54. The highest BCUT2D eigenvalue weighted by atomic mass is 16.5. The molecule has 1 rings (SSSR count). The van der Waals surface area contributed by atoms with Crippen LogP contribution in [0, 0.1) is 11.8 Å². The van der Waals surface area contributed by atoms with Gasteiger partial charge in [0.15, 0.2) is 0 Å². The van der Waals surface area contributed by atoms with Gasteiger partial charge in [-0.25, -0.2) is 0 Å². The minimum absolute atomic E-state index is 0.0174. The molecule has 0 amide bonds. The molecule has 1 fully saturated rings. The van der Waals surface area contributed by atoms with E-state index in [1.807, 2.05) is 6.92 Å². The number of carbonyl (C=O) groups excluding carboxylic acids is 1. The summed E-state index contributed by atoms with van der Waals surface area (Å²) in [5.74, 6) is 1.34. The van der Waals surface area contributed by atoms with Gasteiger partial charge in [-0.2, -0.15) is 0 Å². The minimum atomic E-state index is -0.0174. The molecule has 0 saturated heterocycles. The van der Waals surface area contributed by atoms with E-state index in [0.717, 1.165) is 12.5 Å². The summed E-state index contributed by atoms with van der Waals surface area (Å²) in [5, 5.41) is 3.50. The highest BCUT2D eigenvalue weighted by Gasteiger charge is 2.23. The van der Waals surface area contributed by atoms with Crippen molar-refractivity contribution in [1.82, 2.24) is 5.32 Å². The lowest BCUT2D eigenvalue weighted by atomic mass is 9.80. The van der Waals surface area contributed by atoms with Crippen LogP contribution in [0.3, 0.4) is 0 Å². The summed E-state index contributed by atoms with van der Waals surface area (Å²) in [6.45, 7) is 7.88. The fourth-order valence-corrected chi connectivity index (χ4v) is 2.50. The first-order valence-electron chi connectivity index (χ1n) is 7.00. The van der Waals surface area contributed by atoms with Crippen LogP contribution in [0.1, 0.15) is 52.9 Å². The third kappa shape index (κ3) is 6.06. The summed E-state index contributed by atoms with van der Waals surface area (Å²) < 4.78 is 5.00. The number of hydrogen-bond donors (Lipinski definition) is 1. The van der Waals surface area contributed by atoms with E-state index in [0.29, 0.717) is 25.0 Å². The molecule has 1 aliphatic rings. The van der Waals surface area contributed by atoms with Crippen molar-refractivity contribution in [3.63, 3.8) is 0 Å². The summed E-state index contributed by atoms with van der Waals surface area (Å²) in [7, 11) is 0. The molecule has 1 saturated carbocycles. The molecule has 0 spiro atoms. The van der Waals surface area contributed by atoms with Crippen LogP contribution in [0.4, 0.5) is 0 Å². The fourth-order valence-electron chi connectivity index (χ4n) is 2.50. The van der Waals surface area contributed by atoms with E-state index < -0.39 is 0 Å². The Morgan fingerprint density at radius 2 is 1.82 bits per heavy atom. The molecule has 100 valence electrons. The van der Waals surface area contributed by atoms with Crippen molar-refractivity contribution in [3.05, 3.63) is 0 Å². The number of esters is 1. The molecule has 0 aliphatic heterocycles. The maximum absolute atomic E-state index is 11.4. The summed E-state index contributed by atoms with van der Waals surface area (Å²) in [4.78, 5) is 11.4. The van der Waals surface area contributed by atoms with E-state index in [1.165, 1.54) is 25.7 Å². The van der Waals surface area contributed by atoms with Gasteiger partial charge >= 0.3 is 5.97 Å². The van der Waals surface area contributed by atoms with Crippen molar-refractivity contribution in [3.8, 4) is 0 Å². The Morgan fingerprint density at radius 3 is 2.35 bits per heavy atom.